The smallest absolute Gasteiger partial charge is 0.211 e. The van der Waals surface area contributed by atoms with Gasteiger partial charge in [-0.1, -0.05) is 39.0 Å². The van der Waals surface area contributed by atoms with Crippen LogP contribution in [0, 0.1) is 15.7 Å². The molecule has 0 aliphatic heterocycles. The first kappa shape index (κ1) is 11.4. The molecule has 3 nitrogen and oxygen atoms in total. The predicted octanol–water partition coefficient (Wildman–Crippen LogP) is 3.10. The van der Waals surface area contributed by atoms with Crippen LogP contribution >= 0.6 is 22.6 Å². The molecule has 0 amide bonds. The van der Waals surface area contributed by atoms with Crippen molar-refractivity contribution in [2.45, 2.75) is 45.6 Å². The SMILES string of the molecule is CC(Cn1cnc(I)n1)C1CCCCC1. The molecule has 1 aromatic heterocycles. The normalized spacial score (nSPS) is 20.4. The molecule has 15 heavy (non-hydrogen) atoms. The molecule has 0 bridgehead atoms. The average Bonchev–Trinajstić information content (AvgIpc) is 2.65. The number of nitrogens with zero attached hydrogens (tertiary/aromatic N) is 3. The summed E-state index contributed by atoms with van der Waals surface area (Å²) in [6.07, 6.45) is 8.94. The fourth-order valence-corrected chi connectivity index (χ4v) is 2.91. The molecular weight excluding hydrogens is 301 g/mol. The van der Waals surface area contributed by atoms with Crippen LogP contribution in [0.4, 0.5) is 0 Å². The highest BCUT2D eigenvalue weighted by atomic mass is 127. The van der Waals surface area contributed by atoms with E-state index in [1.165, 1.54) is 32.1 Å². The Morgan fingerprint density at radius 1 is 1.47 bits per heavy atom. The Morgan fingerprint density at radius 2 is 2.20 bits per heavy atom. The Bertz CT molecular complexity index is 305. The molecule has 0 spiro atoms. The van der Waals surface area contributed by atoms with Gasteiger partial charge in [0.05, 0.1) is 0 Å². The topological polar surface area (TPSA) is 30.7 Å². The van der Waals surface area contributed by atoms with Crippen LogP contribution in [0.2, 0.25) is 0 Å². The van der Waals surface area contributed by atoms with Crippen LogP contribution in [0.3, 0.4) is 0 Å². The van der Waals surface area contributed by atoms with E-state index < -0.39 is 0 Å². The molecule has 1 atom stereocenters. The molecule has 0 aromatic carbocycles. The summed E-state index contributed by atoms with van der Waals surface area (Å²) in [4.78, 5) is 4.15. The van der Waals surface area contributed by atoms with Gasteiger partial charge < -0.3 is 0 Å². The van der Waals surface area contributed by atoms with Crippen LogP contribution in [0.15, 0.2) is 6.33 Å². The summed E-state index contributed by atoms with van der Waals surface area (Å²) in [6, 6.07) is 0. The van der Waals surface area contributed by atoms with E-state index in [1.54, 1.807) is 0 Å². The molecule has 1 saturated carbocycles. The third-order valence-electron chi connectivity index (χ3n) is 3.44. The third kappa shape index (κ3) is 3.16. The van der Waals surface area contributed by atoms with E-state index in [4.69, 9.17) is 0 Å². The number of aromatic nitrogens is 3. The van der Waals surface area contributed by atoms with E-state index in [-0.39, 0.29) is 0 Å². The van der Waals surface area contributed by atoms with Crippen molar-refractivity contribution in [2.24, 2.45) is 11.8 Å². The van der Waals surface area contributed by atoms with E-state index in [0.717, 1.165) is 22.2 Å². The highest BCUT2D eigenvalue weighted by Crippen LogP contribution is 2.30. The Hall–Kier alpha value is -0.130. The Kier molecular flexibility index (Phi) is 3.99. The van der Waals surface area contributed by atoms with Gasteiger partial charge >= 0.3 is 0 Å². The average molecular weight is 319 g/mol. The Morgan fingerprint density at radius 3 is 2.80 bits per heavy atom. The maximum atomic E-state index is 4.34. The first-order chi connectivity index (χ1) is 7.25. The summed E-state index contributed by atoms with van der Waals surface area (Å²) >= 11 is 2.16. The van der Waals surface area contributed by atoms with Crippen molar-refractivity contribution in [1.82, 2.24) is 14.8 Å². The van der Waals surface area contributed by atoms with Gasteiger partial charge in [0.15, 0.2) is 0 Å². The second-order valence-electron chi connectivity index (χ2n) is 4.61. The van der Waals surface area contributed by atoms with Gasteiger partial charge in [0.25, 0.3) is 0 Å². The summed E-state index contributed by atoms with van der Waals surface area (Å²) in [5, 5.41) is 4.34. The van der Waals surface area contributed by atoms with Gasteiger partial charge in [-0.15, -0.1) is 5.10 Å². The van der Waals surface area contributed by atoms with Crippen LogP contribution in [0.25, 0.3) is 0 Å². The quantitative estimate of drug-likeness (QED) is 0.802. The first-order valence-corrected chi connectivity index (χ1v) is 6.88. The minimum Gasteiger partial charge on any atom is -0.252 e. The molecule has 1 aliphatic carbocycles. The van der Waals surface area contributed by atoms with Crippen molar-refractivity contribution in [3.05, 3.63) is 10.2 Å². The molecule has 2 rings (SSSR count). The summed E-state index contributed by atoms with van der Waals surface area (Å²) < 4.78 is 2.84. The van der Waals surface area contributed by atoms with Crippen molar-refractivity contribution in [2.75, 3.05) is 0 Å². The minimum atomic E-state index is 0.739. The number of hydrogen-bond donors (Lipinski definition) is 0. The summed E-state index contributed by atoms with van der Waals surface area (Å²) in [7, 11) is 0. The van der Waals surface area contributed by atoms with Gasteiger partial charge in [-0.3, -0.25) is 4.68 Å². The lowest BCUT2D eigenvalue weighted by molar-refractivity contribution is 0.235. The molecule has 1 heterocycles. The fraction of sp³-hybridized carbons (Fsp3) is 0.818. The van der Waals surface area contributed by atoms with E-state index in [0.29, 0.717) is 0 Å². The van der Waals surface area contributed by atoms with Gasteiger partial charge in [-0.25, -0.2) is 4.98 Å². The summed E-state index contributed by atoms with van der Waals surface area (Å²) in [6.45, 7) is 3.38. The van der Waals surface area contributed by atoms with Crippen LogP contribution in [-0.4, -0.2) is 14.8 Å². The standard InChI is InChI=1S/C11H18IN3/c1-9(10-5-3-2-4-6-10)7-15-8-13-11(12)14-15/h8-10H,2-7H2,1H3. The van der Waals surface area contributed by atoms with Crippen molar-refractivity contribution >= 4 is 22.6 Å². The Labute approximate surface area is 105 Å². The van der Waals surface area contributed by atoms with E-state index in [1.807, 2.05) is 11.0 Å². The zero-order valence-corrected chi connectivity index (χ0v) is 11.4. The second-order valence-corrected chi connectivity index (χ2v) is 5.58. The van der Waals surface area contributed by atoms with Gasteiger partial charge in [-0.2, -0.15) is 0 Å². The lowest BCUT2D eigenvalue weighted by atomic mass is 9.81. The molecule has 1 fully saturated rings. The van der Waals surface area contributed by atoms with Gasteiger partial charge in [0.1, 0.15) is 6.33 Å². The first-order valence-electron chi connectivity index (χ1n) is 5.80. The number of halogens is 1. The maximum absolute atomic E-state index is 4.34. The van der Waals surface area contributed by atoms with E-state index in [9.17, 15) is 0 Å². The second kappa shape index (κ2) is 5.27. The minimum absolute atomic E-state index is 0.739. The summed E-state index contributed by atoms with van der Waals surface area (Å²) in [5.41, 5.74) is 0. The molecule has 4 heteroatoms. The zero-order valence-electron chi connectivity index (χ0n) is 9.19. The van der Waals surface area contributed by atoms with Crippen LogP contribution in [-0.2, 0) is 6.54 Å². The van der Waals surface area contributed by atoms with E-state index in [2.05, 4.69) is 39.6 Å². The molecule has 1 aromatic rings. The van der Waals surface area contributed by atoms with Gasteiger partial charge in [-0.05, 0) is 11.8 Å². The summed E-state index contributed by atoms with van der Waals surface area (Å²) in [5.74, 6) is 1.64. The van der Waals surface area contributed by atoms with Crippen molar-refractivity contribution < 1.29 is 0 Å². The molecule has 0 radical (unpaired) electrons. The zero-order chi connectivity index (χ0) is 10.7. The highest BCUT2D eigenvalue weighted by molar-refractivity contribution is 14.1. The van der Waals surface area contributed by atoms with Crippen molar-refractivity contribution in [1.29, 1.82) is 0 Å². The third-order valence-corrected chi connectivity index (χ3v) is 3.93. The monoisotopic (exact) mass is 319 g/mol. The maximum Gasteiger partial charge on any atom is 0.211 e. The van der Waals surface area contributed by atoms with Crippen molar-refractivity contribution in [3.8, 4) is 0 Å². The van der Waals surface area contributed by atoms with E-state index >= 15 is 0 Å². The van der Waals surface area contributed by atoms with Crippen LogP contribution in [0.5, 0.6) is 0 Å². The molecule has 84 valence electrons. The molecular formula is C11H18IN3. The molecule has 0 N–H and O–H groups in total. The molecule has 1 aliphatic rings. The van der Waals surface area contributed by atoms with Crippen LogP contribution < -0.4 is 0 Å². The highest BCUT2D eigenvalue weighted by Gasteiger charge is 2.20. The number of rotatable bonds is 3. The fourth-order valence-electron chi connectivity index (χ4n) is 2.51. The predicted molar refractivity (Wildman–Crippen MR) is 68.5 cm³/mol. The molecule has 0 saturated heterocycles. The van der Waals surface area contributed by atoms with Crippen molar-refractivity contribution in [3.63, 3.8) is 0 Å². The van der Waals surface area contributed by atoms with Gasteiger partial charge in [0.2, 0.25) is 3.83 Å². The lowest BCUT2D eigenvalue weighted by Gasteiger charge is -2.27. The number of hydrogen-bond acceptors (Lipinski definition) is 2. The molecule has 1 unspecified atom stereocenters. The lowest BCUT2D eigenvalue weighted by Crippen LogP contribution is -2.20. The Balaban J connectivity index is 1.88. The largest absolute Gasteiger partial charge is 0.252 e. The van der Waals surface area contributed by atoms with Gasteiger partial charge in [0, 0.05) is 29.1 Å². The van der Waals surface area contributed by atoms with Crippen LogP contribution in [0.1, 0.15) is 39.0 Å².